The van der Waals surface area contributed by atoms with E-state index in [0.717, 1.165) is 44.9 Å². The molecule has 1 aliphatic rings. The van der Waals surface area contributed by atoms with Gasteiger partial charge in [0.15, 0.2) is 17.5 Å². The second-order valence-corrected chi connectivity index (χ2v) is 5.63. The Bertz CT molecular complexity index is 697. The summed E-state index contributed by atoms with van der Waals surface area (Å²) in [7, 11) is 0. The van der Waals surface area contributed by atoms with E-state index in [1.807, 2.05) is 0 Å². The van der Waals surface area contributed by atoms with Crippen LogP contribution in [0.1, 0.15) is 38.5 Å². The third-order valence-electron chi connectivity index (χ3n) is 4.14. The van der Waals surface area contributed by atoms with Crippen molar-refractivity contribution < 1.29 is 13.2 Å². The van der Waals surface area contributed by atoms with Crippen molar-refractivity contribution in [1.29, 1.82) is 0 Å². The molecule has 3 N–H and O–H groups in total. The van der Waals surface area contributed by atoms with Crippen molar-refractivity contribution >= 4 is 22.4 Å². The molecule has 0 radical (unpaired) electrons. The molecular weight excluding hydrogens is 293 g/mol. The lowest BCUT2D eigenvalue weighted by molar-refractivity contribution is 0.503. The molecule has 1 aromatic carbocycles. The fraction of sp³-hybridized carbons (Fsp3) is 0.467. The van der Waals surface area contributed by atoms with Gasteiger partial charge in [0.05, 0.1) is 5.39 Å². The predicted molar refractivity (Wildman–Crippen MR) is 78.9 cm³/mol. The molecule has 0 bridgehead atoms. The van der Waals surface area contributed by atoms with E-state index in [9.17, 15) is 13.2 Å². The molecule has 7 heteroatoms. The molecule has 0 spiro atoms. The van der Waals surface area contributed by atoms with Crippen LogP contribution in [0.4, 0.5) is 24.7 Å². The van der Waals surface area contributed by atoms with Gasteiger partial charge in [-0.15, -0.1) is 0 Å². The lowest BCUT2D eigenvalue weighted by atomic mass is 10.1. The first-order valence-corrected chi connectivity index (χ1v) is 7.42. The standard InChI is InChI=1S/C15H17F3N4/c16-10-9-13(20-7-21-15(9)19)12(18)14(11(10)17)22-8-5-3-1-2-4-6-8/h7-8,22H,1-6H2,(H2,19,20,21). The van der Waals surface area contributed by atoms with Gasteiger partial charge in [0.25, 0.3) is 0 Å². The van der Waals surface area contributed by atoms with Gasteiger partial charge in [-0.2, -0.15) is 0 Å². The molecule has 0 aliphatic heterocycles. The minimum absolute atomic E-state index is 0.0671. The maximum atomic E-state index is 14.5. The van der Waals surface area contributed by atoms with E-state index < -0.39 is 28.5 Å². The van der Waals surface area contributed by atoms with Gasteiger partial charge in [0, 0.05) is 6.04 Å². The summed E-state index contributed by atoms with van der Waals surface area (Å²) in [5.74, 6) is -3.69. The fourth-order valence-corrected chi connectivity index (χ4v) is 2.97. The van der Waals surface area contributed by atoms with Crippen LogP contribution in [0.5, 0.6) is 0 Å². The second-order valence-electron chi connectivity index (χ2n) is 5.63. The summed E-state index contributed by atoms with van der Waals surface area (Å²) in [6.45, 7) is 0. The monoisotopic (exact) mass is 310 g/mol. The van der Waals surface area contributed by atoms with Gasteiger partial charge in [0.1, 0.15) is 23.3 Å². The summed E-state index contributed by atoms with van der Waals surface area (Å²) in [5.41, 5.74) is 4.74. The van der Waals surface area contributed by atoms with Crippen LogP contribution in [-0.2, 0) is 0 Å². The van der Waals surface area contributed by atoms with Crippen LogP contribution >= 0.6 is 0 Å². The minimum atomic E-state index is -1.27. The largest absolute Gasteiger partial charge is 0.383 e. The average molecular weight is 310 g/mol. The molecule has 4 nitrogen and oxygen atoms in total. The van der Waals surface area contributed by atoms with Crippen LogP contribution in [-0.4, -0.2) is 16.0 Å². The van der Waals surface area contributed by atoms with E-state index >= 15 is 0 Å². The van der Waals surface area contributed by atoms with Gasteiger partial charge in [0.2, 0.25) is 0 Å². The molecule has 3 rings (SSSR count). The van der Waals surface area contributed by atoms with Crippen LogP contribution < -0.4 is 11.1 Å². The first kappa shape index (κ1) is 14.9. The smallest absolute Gasteiger partial charge is 0.185 e. The molecule has 1 aliphatic carbocycles. The Morgan fingerprint density at radius 2 is 1.64 bits per heavy atom. The molecule has 1 saturated carbocycles. The number of nitrogens with one attached hydrogen (secondary N) is 1. The van der Waals surface area contributed by atoms with Crippen molar-refractivity contribution in [1.82, 2.24) is 9.97 Å². The number of hydrogen-bond donors (Lipinski definition) is 2. The first-order valence-electron chi connectivity index (χ1n) is 7.42. The summed E-state index contributed by atoms with van der Waals surface area (Å²) in [6, 6.07) is -0.0671. The Kier molecular flexibility index (Phi) is 4.04. The molecule has 0 saturated heterocycles. The normalized spacial score (nSPS) is 16.7. The molecule has 118 valence electrons. The van der Waals surface area contributed by atoms with E-state index in [2.05, 4.69) is 15.3 Å². The highest BCUT2D eigenvalue weighted by molar-refractivity contribution is 5.91. The zero-order valence-electron chi connectivity index (χ0n) is 12.0. The number of hydrogen-bond acceptors (Lipinski definition) is 4. The second kappa shape index (κ2) is 5.98. The van der Waals surface area contributed by atoms with Crippen LogP contribution in [0, 0.1) is 17.5 Å². The molecule has 22 heavy (non-hydrogen) atoms. The Balaban J connectivity index is 2.06. The molecule has 1 aromatic heterocycles. The number of rotatable bonds is 2. The maximum Gasteiger partial charge on any atom is 0.185 e. The Hall–Kier alpha value is -2.05. The number of benzene rings is 1. The molecule has 2 aromatic rings. The third kappa shape index (κ3) is 2.55. The third-order valence-corrected chi connectivity index (χ3v) is 4.14. The Morgan fingerprint density at radius 1 is 0.955 bits per heavy atom. The van der Waals surface area contributed by atoms with Gasteiger partial charge in [-0.1, -0.05) is 25.7 Å². The van der Waals surface area contributed by atoms with Crippen molar-refractivity contribution in [2.75, 3.05) is 11.1 Å². The van der Waals surface area contributed by atoms with Crippen molar-refractivity contribution in [2.24, 2.45) is 0 Å². The topological polar surface area (TPSA) is 63.8 Å². The zero-order chi connectivity index (χ0) is 15.7. The summed E-state index contributed by atoms with van der Waals surface area (Å²) in [4.78, 5) is 7.28. The number of aromatic nitrogens is 2. The SMILES string of the molecule is Nc1ncnc2c(F)c(NC3CCCCCC3)c(F)c(F)c12. The van der Waals surface area contributed by atoms with Crippen LogP contribution in [0.2, 0.25) is 0 Å². The summed E-state index contributed by atoms with van der Waals surface area (Å²) in [6.07, 6.45) is 6.86. The van der Waals surface area contributed by atoms with E-state index in [1.165, 1.54) is 0 Å². The summed E-state index contributed by atoms with van der Waals surface area (Å²) < 4.78 is 43.0. The van der Waals surface area contributed by atoms with Crippen molar-refractivity contribution in [3.8, 4) is 0 Å². The van der Waals surface area contributed by atoms with Crippen molar-refractivity contribution in [3.05, 3.63) is 23.8 Å². The average Bonchev–Trinajstić information content (AvgIpc) is 2.78. The van der Waals surface area contributed by atoms with Crippen molar-refractivity contribution in [2.45, 2.75) is 44.6 Å². The van der Waals surface area contributed by atoms with E-state index in [-0.39, 0.29) is 17.4 Å². The number of halogens is 3. The highest BCUT2D eigenvalue weighted by Crippen LogP contribution is 2.33. The number of nitrogen functional groups attached to an aromatic ring is 1. The molecule has 1 heterocycles. The molecule has 0 amide bonds. The van der Waals surface area contributed by atoms with E-state index in [0.29, 0.717) is 0 Å². The van der Waals surface area contributed by atoms with E-state index in [4.69, 9.17) is 5.73 Å². The Labute approximate surface area is 125 Å². The zero-order valence-corrected chi connectivity index (χ0v) is 12.0. The van der Waals surface area contributed by atoms with E-state index in [1.54, 1.807) is 0 Å². The maximum absolute atomic E-state index is 14.5. The summed E-state index contributed by atoms with van der Waals surface area (Å²) in [5, 5.41) is 2.41. The van der Waals surface area contributed by atoms with Gasteiger partial charge in [-0.3, -0.25) is 0 Å². The predicted octanol–water partition coefficient (Wildman–Crippen LogP) is 3.76. The number of anilines is 2. The highest BCUT2D eigenvalue weighted by Gasteiger charge is 2.25. The minimum Gasteiger partial charge on any atom is -0.383 e. The Morgan fingerprint density at radius 3 is 2.32 bits per heavy atom. The highest BCUT2D eigenvalue weighted by atomic mass is 19.2. The quantitative estimate of drug-likeness (QED) is 0.655. The molecule has 0 atom stereocenters. The van der Waals surface area contributed by atoms with Gasteiger partial charge < -0.3 is 11.1 Å². The van der Waals surface area contributed by atoms with Gasteiger partial charge in [-0.05, 0) is 12.8 Å². The molecule has 0 unspecified atom stereocenters. The number of nitrogens with zero attached hydrogens (tertiary/aromatic N) is 2. The fourth-order valence-electron chi connectivity index (χ4n) is 2.97. The lowest BCUT2D eigenvalue weighted by Gasteiger charge is -2.19. The first-order chi connectivity index (χ1) is 10.6. The molecular formula is C15H17F3N4. The van der Waals surface area contributed by atoms with Crippen LogP contribution in [0.25, 0.3) is 10.9 Å². The van der Waals surface area contributed by atoms with Gasteiger partial charge >= 0.3 is 0 Å². The van der Waals surface area contributed by atoms with Gasteiger partial charge in [-0.25, -0.2) is 23.1 Å². The van der Waals surface area contributed by atoms with Crippen LogP contribution in [0.3, 0.4) is 0 Å². The number of fused-ring (bicyclic) bond motifs is 1. The summed E-state index contributed by atoms with van der Waals surface area (Å²) >= 11 is 0. The number of nitrogens with two attached hydrogens (primary N) is 1. The lowest BCUT2D eigenvalue weighted by Crippen LogP contribution is -2.21. The van der Waals surface area contributed by atoms with Crippen LogP contribution in [0.15, 0.2) is 6.33 Å². The molecule has 1 fully saturated rings. The van der Waals surface area contributed by atoms with Crippen molar-refractivity contribution in [3.63, 3.8) is 0 Å².